The summed E-state index contributed by atoms with van der Waals surface area (Å²) >= 11 is 0. The van der Waals surface area contributed by atoms with Crippen LogP contribution in [0.4, 0.5) is 9.59 Å². The molecule has 0 aromatic carbocycles. The first kappa shape index (κ1) is 25.0. The zero-order valence-corrected chi connectivity index (χ0v) is 17.7. The summed E-state index contributed by atoms with van der Waals surface area (Å²) in [6.45, 7) is 11.9. The number of ether oxygens (including phenoxy) is 4. The molecule has 0 radical (unpaired) electrons. The van der Waals surface area contributed by atoms with E-state index in [2.05, 4.69) is 47.1 Å². The number of carbonyl (C=O) groups excluding carboxylic acids is 4. The van der Waals surface area contributed by atoms with E-state index in [1.54, 1.807) is 0 Å². The highest BCUT2D eigenvalue weighted by Crippen LogP contribution is 2.45. The molecule has 10 heteroatoms. The lowest BCUT2D eigenvalue weighted by atomic mass is 9.62. The van der Waals surface area contributed by atoms with Gasteiger partial charge in [-0.25, -0.2) is 19.2 Å². The minimum absolute atomic E-state index is 0.106. The molecule has 1 aliphatic rings. The van der Waals surface area contributed by atoms with Gasteiger partial charge < -0.3 is 29.6 Å². The molecule has 30 heavy (non-hydrogen) atoms. The van der Waals surface area contributed by atoms with Gasteiger partial charge in [0.05, 0.1) is 0 Å². The third-order valence-corrected chi connectivity index (χ3v) is 4.54. The lowest BCUT2D eigenvalue weighted by molar-refractivity contribution is -0.146. The molecule has 0 heterocycles. The summed E-state index contributed by atoms with van der Waals surface area (Å²) in [5, 5.41) is 5.43. The number of nitrogens with one attached hydrogen (secondary N) is 2. The predicted octanol–water partition coefficient (Wildman–Crippen LogP) is 2.40. The predicted molar refractivity (Wildman–Crippen MR) is 106 cm³/mol. The molecule has 2 unspecified atom stereocenters. The molecule has 0 bridgehead atoms. The maximum atomic E-state index is 12.0. The Morgan fingerprint density at radius 3 is 1.97 bits per heavy atom. The molecule has 1 fully saturated rings. The van der Waals surface area contributed by atoms with E-state index in [4.69, 9.17) is 9.47 Å². The van der Waals surface area contributed by atoms with Crippen molar-refractivity contribution in [3.05, 3.63) is 25.3 Å². The minimum Gasteiger partial charge on any atom is -0.425 e. The highest BCUT2D eigenvalue weighted by Gasteiger charge is 2.42. The first-order valence-corrected chi connectivity index (χ1v) is 9.41. The number of amides is 2. The number of esters is 2. The highest BCUT2D eigenvalue weighted by atomic mass is 16.7. The van der Waals surface area contributed by atoms with Gasteiger partial charge in [-0.1, -0.05) is 33.9 Å². The Morgan fingerprint density at radius 1 is 0.900 bits per heavy atom. The third-order valence-electron chi connectivity index (χ3n) is 4.54. The largest absolute Gasteiger partial charge is 0.425 e. The van der Waals surface area contributed by atoms with Crippen molar-refractivity contribution >= 4 is 24.1 Å². The van der Waals surface area contributed by atoms with Gasteiger partial charge in [-0.3, -0.25) is 0 Å². The number of rotatable bonds is 9. The Kier molecular flexibility index (Phi) is 9.35. The molecule has 2 N–H and O–H groups in total. The van der Waals surface area contributed by atoms with Gasteiger partial charge in [0.2, 0.25) is 13.6 Å². The van der Waals surface area contributed by atoms with Gasteiger partial charge in [0.15, 0.2) is 0 Å². The highest BCUT2D eigenvalue weighted by molar-refractivity contribution is 5.81. The lowest BCUT2D eigenvalue weighted by Gasteiger charge is -2.46. The van der Waals surface area contributed by atoms with Crippen LogP contribution in [0.3, 0.4) is 0 Å². The van der Waals surface area contributed by atoms with E-state index in [0.29, 0.717) is 19.4 Å². The molecule has 0 aliphatic heterocycles. The number of alkyl carbamates (subject to hydrolysis) is 2. The molecular formula is C20H30N2O8. The van der Waals surface area contributed by atoms with E-state index >= 15 is 0 Å². The van der Waals surface area contributed by atoms with Crippen LogP contribution in [-0.2, 0) is 28.5 Å². The van der Waals surface area contributed by atoms with E-state index in [9.17, 15) is 19.2 Å². The fraction of sp³-hybridized carbons (Fsp3) is 0.600. The van der Waals surface area contributed by atoms with Crippen molar-refractivity contribution in [1.29, 1.82) is 0 Å². The van der Waals surface area contributed by atoms with Crippen molar-refractivity contribution in [3.63, 3.8) is 0 Å². The average Bonchev–Trinajstić information content (AvgIpc) is 2.64. The molecule has 0 aromatic heterocycles. The minimum atomic E-state index is -0.718. The Morgan fingerprint density at radius 2 is 1.43 bits per heavy atom. The van der Waals surface area contributed by atoms with Gasteiger partial charge in [-0.05, 0) is 30.1 Å². The molecule has 0 saturated heterocycles. The maximum Gasteiger partial charge on any atom is 0.410 e. The van der Waals surface area contributed by atoms with Crippen molar-refractivity contribution in [2.24, 2.45) is 10.8 Å². The molecule has 2 amide bonds. The van der Waals surface area contributed by atoms with Gasteiger partial charge in [-0.15, -0.1) is 0 Å². The summed E-state index contributed by atoms with van der Waals surface area (Å²) in [6.07, 6.45) is 2.62. The number of hydrogen-bond acceptors (Lipinski definition) is 8. The van der Waals surface area contributed by atoms with Crippen LogP contribution in [-0.4, -0.2) is 50.3 Å². The Bertz CT molecular complexity index is 676. The molecule has 0 spiro atoms. The second-order valence-electron chi connectivity index (χ2n) is 8.19. The topological polar surface area (TPSA) is 129 Å². The van der Waals surface area contributed by atoms with Crippen LogP contribution in [0.25, 0.3) is 0 Å². The van der Waals surface area contributed by atoms with E-state index in [0.717, 1.165) is 18.6 Å². The van der Waals surface area contributed by atoms with Crippen LogP contribution >= 0.6 is 0 Å². The van der Waals surface area contributed by atoms with E-state index < -0.39 is 37.7 Å². The van der Waals surface area contributed by atoms with Crippen molar-refractivity contribution in [2.75, 3.05) is 20.1 Å². The van der Waals surface area contributed by atoms with E-state index in [1.165, 1.54) is 0 Å². The summed E-state index contributed by atoms with van der Waals surface area (Å²) in [5.74, 6) is -1.38. The zero-order chi connectivity index (χ0) is 22.8. The van der Waals surface area contributed by atoms with Crippen LogP contribution < -0.4 is 10.6 Å². The molecular weight excluding hydrogens is 396 g/mol. The van der Waals surface area contributed by atoms with Crippen LogP contribution in [0.2, 0.25) is 0 Å². The molecule has 10 nitrogen and oxygen atoms in total. The smallest absolute Gasteiger partial charge is 0.410 e. The SMILES string of the molecule is C=CC(=O)OCOC(=O)NCC1(C)CC(NC(=O)OCOC(=O)C=C)CC(C)(C)C1. The van der Waals surface area contributed by atoms with Crippen LogP contribution in [0.5, 0.6) is 0 Å². The monoisotopic (exact) mass is 426 g/mol. The second-order valence-corrected chi connectivity index (χ2v) is 8.19. The summed E-state index contributed by atoms with van der Waals surface area (Å²) in [7, 11) is 0. The lowest BCUT2D eigenvalue weighted by Crippen LogP contribution is -2.50. The maximum absolute atomic E-state index is 12.0. The standard InChI is InChI=1S/C20H30N2O8/c1-6-15(23)27-12-29-17(25)21-11-20(5)9-14(8-19(3,4)10-20)22-18(26)30-13-28-16(24)7-2/h6-7,14H,1-2,8-13H2,3-5H3,(H,21,25)(H,22,26). The van der Waals surface area contributed by atoms with Crippen molar-refractivity contribution in [3.8, 4) is 0 Å². The van der Waals surface area contributed by atoms with E-state index in [1.807, 2.05) is 6.92 Å². The molecule has 2 atom stereocenters. The average molecular weight is 426 g/mol. The Hall–Kier alpha value is -3.04. The molecule has 1 aliphatic carbocycles. The molecule has 1 saturated carbocycles. The van der Waals surface area contributed by atoms with E-state index in [-0.39, 0.29) is 16.9 Å². The first-order valence-electron chi connectivity index (χ1n) is 9.41. The molecule has 0 aromatic rings. The number of carbonyl (C=O) groups is 4. The van der Waals surface area contributed by atoms with Gasteiger partial charge in [-0.2, -0.15) is 0 Å². The summed E-state index contributed by atoms with van der Waals surface area (Å²) in [4.78, 5) is 45.7. The summed E-state index contributed by atoms with van der Waals surface area (Å²) in [6, 6.07) is -0.201. The van der Waals surface area contributed by atoms with Gasteiger partial charge in [0, 0.05) is 24.7 Å². The first-order chi connectivity index (χ1) is 14.0. The molecule has 1 rings (SSSR count). The number of hydrogen-bond donors (Lipinski definition) is 2. The van der Waals surface area contributed by atoms with Crippen LogP contribution in [0.1, 0.15) is 40.0 Å². The zero-order valence-electron chi connectivity index (χ0n) is 17.7. The molecule has 168 valence electrons. The van der Waals surface area contributed by atoms with Gasteiger partial charge in [0.1, 0.15) is 0 Å². The van der Waals surface area contributed by atoms with Crippen molar-refractivity contribution in [1.82, 2.24) is 10.6 Å². The quantitative estimate of drug-likeness (QED) is 0.327. The van der Waals surface area contributed by atoms with Gasteiger partial charge >= 0.3 is 24.1 Å². The van der Waals surface area contributed by atoms with Gasteiger partial charge in [0.25, 0.3) is 0 Å². The van der Waals surface area contributed by atoms with Crippen LogP contribution in [0, 0.1) is 10.8 Å². The summed E-state index contributed by atoms with van der Waals surface area (Å²) < 4.78 is 18.8. The Labute approximate surface area is 175 Å². The summed E-state index contributed by atoms with van der Waals surface area (Å²) in [5.41, 5.74) is -0.433. The van der Waals surface area contributed by atoms with Crippen molar-refractivity contribution in [2.45, 2.75) is 46.1 Å². The normalized spacial score (nSPS) is 22.0. The second kappa shape index (κ2) is 11.2. The third kappa shape index (κ3) is 9.44. The van der Waals surface area contributed by atoms with Crippen molar-refractivity contribution < 1.29 is 38.1 Å². The van der Waals surface area contributed by atoms with Crippen LogP contribution in [0.15, 0.2) is 25.3 Å². The fourth-order valence-electron chi connectivity index (χ4n) is 3.82. The Balaban J connectivity index is 2.52. The fourth-order valence-corrected chi connectivity index (χ4v) is 3.82.